The molecule has 1 heterocycles. The van der Waals surface area contributed by atoms with Gasteiger partial charge in [0, 0.05) is 4.90 Å². The molecule has 1 N–H and O–H groups in total. The molecule has 0 spiro atoms. The van der Waals surface area contributed by atoms with Gasteiger partial charge in [0.05, 0.1) is 0 Å². The van der Waals surface area contributed by atoms with Crippen LogP contribution in [0.4, 0.5) is 4.39 Å². The molecule has 1 fully saturated rings. The summed E-state index contributed by atoms with van der Waals surface area (Å²) in [4.78, 5) is 0.745. The van der Waals surface area contributed by atoms with Crippen LogP contribution in [0, 0.1) is 11.7 Å². The molecule has 0 aromatic heterocycles. The van der Waals surface area contributed by atoms with Crippen LogP contribution in [0.25, 0.3) is 0 Å². The van der Waals surface area contributed by atoms with Crippen molar-refractivity contribution < 1.29 is 4.39 Å². The van der Waals surface area contributed by atoms with E-state index in [-0.39, 0.29) is 5.82 Å². The molecule has 16 heavy (non-hydrogen) atoms. The fourth-order valence-corrected chi connectivity index (χ4v) is 2.71. The van der Waals surface area contributed by atoms with E-state index in [1.165, 1.54) is 24.6 Å². The van der Waals surface area contributed by atoms with E-state index in [2.05, 4.69) is 11.4 Å². The number of hydrogen-bond donors (Lipinski definition) is 1. The van der Waals surface area contributed by atoms with E-state index in [4.69, 9.17) is 0 Å². The van der Waals surface area contributed by atoms with E-state index in [1.807, 2.05) is 12.3 Å². The van der Waals surface area contributed by atoms with Gasteiger partial charge >= 0.3 is 0 Å². The van der Waals surface area contributed by atoms with E-state index < -0.39 is 0 Å². The molecular formula is C13H18FNS. The van der Waals surface area contributed by atoms with Gasteiger partial charge in [-0.15, -0.1) is 11.8 Å². The van der Waals surface area contributed by atoms with Crippen LogP contribution < -0.4 is 5.32 Å². The van der Waals surface area contributed by atoms with Crippen molar-refractivity contribution in [1.82, 2.24) is 5.32 Å². The fraction of sp³-hybridized carbons (Fsp3) is 0.538. The Balaban J connectivity index is 2.01. The summed E-state index contributed by atoms with van der Waals surface area (Å²) in [6.45, 7) is 2.21. The molecule has 0 unspecified atom stereocenters. The molecule has 0 amide bonds. The number of benzene rings is 1. The molecular weight excluding hydrogens is 221 g/mol. The van der Waals surface area contributed by atoms with Crippen LogP contribution >= 0.6 is 11.8 Å². The summed E-state index contributed by atoms with van der Waals surface area (Å²) in [6.07, 6.45) is 5.36. The molecule has 1 aliphatic heterocycles. The fourth-order valence-electron chi connectivity index (χ4n) is 2.26. The second-order valence-electron chi connectivity index (χ2n) is 4.37. The minimum Gasteiger partial charge on any atom is -0.317 e. The van der Waals surface area contributed by atoms with E-state index in [0.717, 1.165) is 35.9 Å². The Bertz CT molecular complexity index is 348. The Labute approximate surface area is 101 Å². The third kappa shape index (κ3) is 2.98. The maximum Gasteiger partial charge on any atom is 0.137 e. The standard InChI is InChI=1S/C13H18FNS/c1-16-13-3-2-11(9-12(13)14)8-10-4-6-15-7-5-10/h2-3,9-10,15H,4-8H2,1H3. The summed E-state index contributed by atoms with van der Waals surface area (Å²) in [7, 11) is 0. The number of piperidine rings is 1. The van der Waals surface area contributed by atoms with E-state index in [0.29, 0.717) is 0 Å². The predicted octanol–water partition coefficient (Wildman–Crippen LogP) is 3.09. The van der Waals surface area contributed by atoms with Crippen molar-refractivity contribution in [3.8, 4) is 0 Å². The maximum absolute atomic E-state index is 13.6. The predicted molar refractivity (Wildman–Crippen MR) is 67.5 cm³/mol. The molecule has 0 aliphatic carbocycles. The van der Waals surface area contributed by atoms with Crippen LogP contribution in [0.1, 0.15) is 18.4 Å². The van der Waals surface area contributed by atoms with Crippen molar-refractivity contribution in [2.75, 3.05) is 19.3 Å². The van der Waals surface area contributed by atoms with Crippen molar-refractivity contribution in [1.29, 1.82) is 0 Å². The van der Waals surface area contributed by atoms with Crippen molar-refractivity contribution in [2.24, 2.45) is 5.92 Å². The average molecular weight is 239 g/mol. The normalized spacial score (nSPS) is 17.6. The van der Waals surface area contributed by atoms with Crippen molar-refractivity contribution in [2.45, 2.75) is 24.2 Å². The Morgan fingerprint density at radius 1 is 1.38 bits per heavy atom. The SMILES string of the molecule is CSc1ccc(CC2CCNCC2)cc1F. The van der Waals surface area contributed by atoms with Gasteiger partial charge in [-0.25, -0.2) is 4.39 Å². The molecule has 1 aromatic rings. The van der Waals surface area contributed by atoms with Crippen molar-refractivity contribution in [3.05, 3.63) is 29.6 Å². The molecule has 88 valence electrons. The quantitative estimate of drug-likeness (QED) is 0.814. The lowest BCUT2D eigenvalue weighted by Crippen LogP contribution is -2.28. The molecule has 0 atom stereocenters. The van der Waals surface area contributed by atoms with Crippen LogP contribution in [0.15, 0.2) is 23.1 Å². The van der Waals surface area contributed by atoms with Gasteiger partial charge < -0.3 is 5.32 Å². The number of rotatable bonds is 3. The average Bonchev–Trinajstić information content (AvgIpc) is 2.31. The van der Waals surface area contributed by atoms with Gasteiger partial charge in [0.2, 0.25) is 0 Å². The summed E-state index contributed by atoms with van der Waals surface area (Å²) in [5.41, 5.74) is 1.14. The lowest BCUT2D eigenvalue weighted by atomic mass is 9.91. The van der Waals surface area contributed by atoms with Crippen molar-refractivity contribution in [3.63, 3.8) is 0 Å². The monoisotopic (exact) mass is 239 g/mol. The largest absolute Gasteiger partial charge is 0.317 e. The van der Waals surface area contributed by atoms with Crippen LogP contribution in [0.2, 0.25) is 0 Å². The summed E-state index contributed by atoms with van der Waals surface area (Å²) in [6, 6.07) is 5.67. The van der Waals surface area contributed by atoms with E-state index >= 15 is 0 Å². The number of halogens is 1. The van der Waals surface area contributed by atoms with Gasteiger partial charge in [-0.3, -0.25) is 0 Å². The maximum atomic E-state index is 13.6. The van der Waals surface area contributed by atoms with Crippen LogP contribution in [-0.2, 0) is 6.42 Å². The molecule has 0 bridgehead atoms. The highest BCUT2D eigenvalue weighted by molar-refractivity contribution is 7.98. The molecule has 2 rings (SSSR count). The molecule has 1 saturated heterocycles. The van der Waals surface area contributed by atoms with Gasteiger partial charge in [0.25, 0.3) is 0 Å². The second-order valence-corrected chi connectivity index (χ2v) is 5.21. The van der Waals surface area contributed by atoms with E-state index in [1.54, 1.807) is 6.07 Å². The molecule has 3 heteroatoms. The van der Waals surface area contributed by atoms with Crippen LogP contribution in [-0.4, -0.2) is 19.3 Å². The third-order valence-corrected chi connectivity index (χ3v) is 3.97. The molecule has 1 nitrogen and oxygen atoms in total. The Morgan fingerprint density at radius 3 is 2.75 bits per heavy atom. The molecule has 1 aromatic carbocycles. The zero-order chi connectivity index (χ0) is 11.4. The highest BCUT2D eigenvalue weighted by atomic mass is 32.2. The third-order valence-electron chi connectivity index (χ3n) is 3.20. The number of hydrogen-bond acceptors (Lipinski definition) is 2. The Morgan fingerprint density at radius 2 is 2.12 bits per heavy atom. The minimum atomic E-state index is -0.0704. The number of thioether (sulfide) groups is 1. The summed E-state index contributed by atoms with van der Waals surface area (Å²) in [5.74, 6) is 0.653. The second kappa shape index (κ2) is 5.69. The highest BCUT2D eigenvalue weighted by Gasteiger charge is 2.14. The van der Waals surface area contributed by atoms with Crippen LogP contribution in [0.3, 0.4) is 0 Å². The molecule has 0 saturated carbocycles. The van der Waals surface area contributed by atoms with E-state index in [9.17, 15) is 4.39 Å². The van der Waals surface area contributed by atoms with Gasteiger partial charge in [0.1, 0.15) is 5.82 Å². The summed E-state index contributed by atoms with van der Waals surface area (Å²) >= 11 is 1.47. The molecule has 0 radical (unpaired) electrons. The highest BCUT2D eigenvalue weighted by Crippen LogP contribution is 2.23. The summed E-state index contributed by atoms with van der Waals surface area (Å²) < 4.78 is 13.6. The number of nitrogens with one attached hydrogen (secondary N) is 1. The van der Waals surface area contributed by atoms with Gasteiger partial charge in [0.15, 0.2) is 0 Å². The van der Waals surface area contributed by atoms with Gasteiger partial charge in [-0.2, -0.15) is 0 Å². The smallest absolute Gasteiger partial charge is 0.137 e. The molecule has 1 aliphatic rings. The lowest BCUT2D eigenvalue weighted by Gasteiger charge is -2.22. The lowest BCUT2D eigenvalue weighted by molar-refractivity contribution is 0.372. The first-order chi connectivity index (χ1) is 7.79. The van der Waals surface area contributed by atoms with Crippen molar-refractivity contribution >= 4 is 11.8 Å². The summed E-state index contributed by atoms with van der Waals surface area (Å²) in [5, 5.41) is 3.35. The minimum absolute atomic E-state index is 0.0704. The Kier molecular flexibility index (Phi) is 4.24. The topological polar surface area (TPSA) is 12.0 Å². The first kappa shape index (κ1) is 11.9. The zero-order valence-corrected chi connectivity index (χ0v) is 10.4. The van der Waals surface area contributed by atoms with Crippen LogP contribution in [0.5, 0.6) is 0 Å². The first-order valence-electron chi connectivity index (χ1n) is 5.82. The first-order valence-corrected chi connectivity index (χ1v) is 7.05. The van der Waals surface area contributed by atoms with Gasteiger partial charge in [-0.1, -0.05) is 6.07 Å². The van der Waals surface area contributed by atoms with Gasteiger partial charge in [-0.05, 0) is 62.2 Å². The Hall–Kier alpha value is -0.540. The zero-order valence-electron chi connectivity index (χ0n) is 9.63.